The summed E-state index contributed by atoms with van der Waals surface area (Å²) >= 11 is 0. The Kier molecular flexibility index (Phi) is 10.3. The molecule has 12 heteroatoms. The van der Waals surface area contributed by atoms with Crippen LogP contribution in [0, 0.1) is 0 Å². The molecule has 2 N–H and O–H groups in total. The molecule has 1 saturated carbocycles. The molecule has 1 aliphatic carbocycles. The first kappa shape index (κ1) is 26.4. The molecule has 0 unspecified atom stereocenters. The van der Waals surface area contributed by atoms with Crippen LogP contribution in [0.5, 0.6) is 5.88 Å². The van der Waals surface area contributed by atoms with Crippen molar-refractivity contribution in [2.75, 3.05) is 52.4 Å². The standard InChI is InChI=1S/C20H29F3N6O2.HI/c1-2-24-19(26-8-13-31-18-16(20(21,22)23)4-3-7-25-18)29-11-9-28(10-12-29)14-17(30)27-15-5-6-15;/h3-4,7,15H,2,5-6,8-14H2,1H3,(H,24,26)(H,27,30);1H. The molecule has 2 fully saturated rings. The van der Waals surface area contributed by atoms with Crippen LogP contribution in [-0.2, 0) is 11.0 Å². The van der Waals surface area contributed by atoms with E-state index in [1.807, 2.05) is 6.92 Å². The van der Waals surface area contributed by atoms with Gasteiger partial charge in [-0.05, 0) is 31.9 Å². The number of alkyl halides is 3. The maximum absolute atomic E-state index is 13.0. The minimum Gasteiger partial charge on any atom is -0.475 e. The molecule has 2 aliphatic rings. The highest BCUT2D eigenvalue weighted by molar-refractivity contribution is 14.0. The number of piperazine rings is 1. The van der Waals surface area contributed by atoms with E-state index >= 15 is 0 Å². The summed E-state index contributed by atoms with van der Waals surface area (Å²) in [4.78, 5) is 24.3. The van der Waals surface area contributed by atoms with Crippen LogP contribution in [0.1, 0.15) is 25.3 Å². The van der Waals surface area contributed by atoms with E-state index in [9.17, 15) is 18.0 Å². The van der Waals surface area contributed by atoms with Crippen molar-refractivity contribution in [1.82, 2.24) is 25.4 Å². The lowest BCUT2D eigenvalue weighted by atomic mass is 10.2. The van der Waals surface area contributed by atoms with Crippen molar-refractivity contribution in [2.24, 2.45) is 4.99 Å². The van der Waals surface area contributed by atoms with Gasteiger partial charge in [0.2, 0.25) is 11.8 Å². The van der Waals surface area contributed by atoms with E-state index in [2.05, 4.69) is 30.4 Å². The molecule has 0 radical (unpaired) electrons. The predicted molar refractivity (Wildman–Crippen MR) is 125 cm³/mol. The van der Waals surface area contributed by atoms with Crippen molar-refractivity contribution < 1.29 is 22.7 Å². The third-order valence-electron chi connectivity index (χ3n) is 4.98. The smallest absolute Gasteiger partial charge is 0.421 e. The lowest BCUT2D eigenvalue weighted by molar-refractivity contribution is -0.139. The minimum absolute atomic E-state index is 0. The molecule has 0 spiro atoms. The summed E-state index contributed by atoms with van der Waals surface area (Å²) in [5.74, 6) is 0.319. The minimum atomic E-state index is -4.52. The number of carbonyl (C=O) groups excluding carboxylic acids is 1. The summed E-state index contributed by atoms with van der Waals surface area (Å²) in [5, 5.41) is 6.20. The summed E-state index contributed by atoms with van der Waals surface area (Å²) in [6.07, 6.45) is -1.10. The van der Waals surface area contributed by atoms with Crippen LogP contribution in [0.15, 0.2) is 23.3 Å². The second-order valence-electron chi connectivity index (χ2n) is 7.54. The molecule has 8 nitrogen and oxygen atoms in total. The van der Waals surface area contributed by atoms with Crippen molar-refractivity contribution in [3.63, 3.8) is 0 Å². The highest BCUT2D eigenvalue weighted by Crippen LogP contribution is 2.34. The molecule has 0 bridgehead atoms. The van der Waals surface area contributed by atoms with E-state index in [1.165, 1.54) is 12.3 Å². The Hall–Kier alpha value is -1.83. The van der Waals surface area contributed by atoms with Crippen molar-refractivity contribution in [2.45, 2.75) is 32.0 Å². The Labute approximate surface area is 203 Å². The van der Waals surface area contributed by atoms with Crippen LogP contribution in [0.4, 0.5) is 13.2 Å². The molecule has 1 saturated heterocycles. The van der Waals surface area contributed by atoms with E-state index in [1.54, 1.807) is 0 Å². The Morgan fingerprint density at radius 3 is 2.62 bits per heavy atom. The Bertz CT molecular complexity index is 768. The number of amides is 1. The van der Waals surface area contributed by atoms with Crippen LogP contribution in [0.25, 0.3) is 0 Å². The second-order valence-corrected chi connectivity index (χ2v) is 7.54. The molecule has 3 rings (SSSR count). The first-order chi connectivity index (χ1) is 14.9. The van der Waals surface area contributed by atoms with Crippen molar-refractivity contribution in [3.8, 4) is 5.88 Å². The average molecular weight is 570 g/mol. The van der Waals surface area contributed by atoms with E-state index in [4.69, 9.17) is 4.74 Å². The Morgan fingerprint density at radius 2 is 2.00 bits per heavy atom. The largest absolute Gasteiger partial charge is 0.475 e. The SMILES string of the molecule is CCNC(=NCCOc1ncccc1C(F)(F)F)N1CCN(CC(=O)NC2CC2)CC1.I. The molecule has 0 atom stereocenters. The van der Waals surface area contributed by atoms with Gasteiger partial charge >= 0.3 is 6.18 Å². The van der Waals surface area contributed by atoms with Crippen LogP contribution < -0.4 is 15.4 Å². The number of rotatable bonds is 8. The van der Waals surface area contributed by atoms with Gasteiger partial charge in [0.25, 0.3) is 0 Å². The number of aromatic nitrogens is 1. The van der Waals surface area contributed by atoms with Gasteiger partial charge in [-0.25, -0.2) is 9.98 Å². The van der Waals surface area contributed by atoms with Gasteiger partial charge in [0.1, 0.15) is 12.2 Å². The van der Waals surface area contributed by atoms with Crippen LogP contribution in [-0.4, -0.2) is 85.1 Å². The quantitative estimate of drug-likeness (QED) is 0.215. The fraction of sp³-hybridized carbons (Fsp3) is 0.650. The zero-order valence-corrected chi connectivity index (χ0v) is 20.4. The number of nitrogens with zero attached hydrogens (tertiary/aromatic N) is 4. The van der Waals surface area contributed by atoms with Crippen LogP contribution >= 0.6 is 24.0 Å². The van der Waals surface area contributed by atoms with Crippen LogP contribution in [0.2, 0.25) is 0 Å². The number of carbonyl (C=O) groups is 1. The maximum Gasteiger partial charge on any atom is 0.421 e. The number of nitrogens with one attached hydrogen (secondary N) is 2. The summed E-state index contributed by atoms with van der Waals surface area (Å²) in [6.45, 7) is 6.09. The van der Waals surface area contributed by atoms with Crippen LogP contribution in [0.3, 0.4) is 0 Å². The number of aliphatic imine (C=N–C) groups is 1. The highest BCUT2D eigenvalue weighted by Gasteiger charge is 2.35. The lowest BCUT2D eigenvalue weighted by Crippen LogP contribution is -2.54. The van der Waals surface area contributed by atoms with E-state index in [0.29, 0.717) is 38.2 Å². The number of hydrogen-bond donors (Lipinski definition) is 2. The average Bonchev–Trinajstić information content (AvgIpc) is 3.54. The Morgan fingerprint density at radius 1 is 1.28 bits per heavy atom. The molecule has 1 aliphatic heterocycles. The van der Waals surface area contributed by atoms with Gasteiger partial charge in [0.05, 0.1) is 13.1 Å². The molecule has 1 aromatic rings. The van der Waals surface area contributed by atoms with Crippen molar-refractivity contribution in [1.29, 1.82) is 0 Å². The normalized spacial score (nSPS) is 17.5. The molecule has 180 valence electrons. The number of hydrogen-bond acceptors (Lipinski definition) is 5. The first-order valence-corrected chi connectivity index (χ1v) is 10.6. The Balaban J connectivity index is 0.00000363. The molecule has 1 aromatic heterocycles. The first-order valence-electron chi connectivity index (χ1n) is 10.6. The number of guanidine groups is 1. The molecular formula is C20H30F3IN6O2. The molecule has 2 heterocycles. The van der Waals surface area contributed by atoms with E-state index in [0.717, 1.165) is 32.0 Å². The van der Waals surface area contributed by atoms with E-state index in [-0.39, 0.29) is 43.0 Å². The van der Waals surface area contributed by atoms with Gasteiger partial charge in [-0.2, -0.15) is 13.2 Å². The molecular weight excluding hydrogens is 540 g/mol. The third-order valence-corrected chi connectivity index (χ3v) is 4.98. The number of pyridine rings is 1. The number of ether oxygens (including phenoxy) is 1. The molecule has 32 heavy (non-hydrogen) atoms. The fourth-order valence-corrected chi connectivity index (χ4v) is 3.26. The summed E-state index contributed by atoms with van der Waals surface area (Å²) in [5.41, 5.74) is -0.896. The zero-order valence-electron chi connectivity index (χ0n) is 18.0. The zero-order chi connectivity index (χ0) is 22.3. The predicted octanol–water partition coefficient (Wildman–Crippen LogP) is 1.96. The van der Waals surface area contributed by atoms with Crippen molar-refractivity contribution >= 4 is 35.8 Å². The number of halogens is 4. The topological polar surface area (TPSA) is 82.1 Å². The van der Waals surface area contributed by atoms with Gasteiger partial charge in [-0.15, -0.1) is 24.0 Å². The van der Waals surface area contributed by atoms with Gasteiger partial charge in [0, 0.05) is 45.0 Å². The molecule has 1 amide bonds. The summed E-state index contributed by atoms with van der Waals surface area (Å²) in [6, 6.07) is 2.54. The van der Waals surface area contributed by atoms with Gasteiger partial charge in [-0.1, -0.05) is 0 Å². The molecule has 0 aromatic carbocycles. The maximum atomic E-state index is 13.0. The summed E-state index contributed by atoms with van der Waals surface area (Å²) < 4.78 is 44.3. The van der Waals surface area contributed by atoms with Crippen molar-refractivity contribution in [3.05, 3.63) is 23.9 Å². The highest BCUT2D eigenvalue weighted by atomic mass is 127. The monoisotopic (exact) mass is 570 g/mol. The fourth-order valence-electron chi connectivity index (χ4n) is 3.26. The van der Waals surface area contributed by atoms with Gasteiger partial charge < -0.3 is 20.3 Å². The van der Waals surface area contributed by atoms with Gasteiger partial charge in [-0.3, -0.25) is 9.69 Å². The third kappa shape index (κ3) is 8.26. The summed E-state index contributed by atoms with van der Waals surface area (Å²) in [7, 11) is 0. The van der Waals surface area contributed by atoms with E-state index < -0.39 is 17.6 Å². The van der Waals surface area contributed by atoms with Gasteiger partial charge in [0.15, 0.2) is 5.96 Å². The second kappa shape index (κ2) is 12.4. The lowest BCUT2D eigenvalue weighted by Gasteiger charge is -2.36.